The number of amides is 2. The molecule has 2 saturated heterocycles. The lowest BCUT2D eigenvalue weighted by Crippen LogP contribution is -2.58. The van der Waals surface area contributed by atoms with Gasteiger partial charge in [-0.3, -0.25) is 0 Å². The van der Waals surface area contributed by atoms with Crippen LogP contribution in [-0.4, -0.2) is 54.1 Å². The Hall–Kier alpha value is -0.770. The number of carbonyl (C=O) groups excluding carboxylic acids is 1. The molecule has 0 saturated carbocycles. The van der Waals surface area contributed by atoms with Crippen LogP contribution in [0.2, 0.25) is 0 Å². The molecule has 86 valence electrons. The topological polar surface area (TPSA) is 35.6 Å². The number of hydrogen-bond acceptors (Lipinski definition) is 2. The third kappa shape index (κ3) is 2.43. The van der Waals surface area contributed by atoms with E-state index in [9.17, 15) is 4.79 Å². The molecule has 4 nitrogen and oxygen atoms in total. The van der Waals surface area contributed by atoms with Crippen molar-refractivity contribution in [2.45, 2.75) is 38.8 Å². The average molecular weight is 211 g/mol. The quantitative estimate of drug-likeness (QED) is 0.646. The zero-order valence-electron chi connectivity index (χ0n) is 9.70. The Morgan fingerprint density at radius 1 is 1.07 bits per heavy atom. The van der Waals surface area contributed by atoms with E-state index in [1.54, 1.807) is 0 Å². The molecular formula is C11H21N3O. The maximum Gasteiger partial charge on any atom is 0.320 e. The van der Waals surface area contributed by atoms with Gasteiger partial charge in [0.15, 0.2) is 0 Å². The van der Waals surface area contributed by atoms with Gasteiger partial charge in [-0.05, 0) is 26.7 Å². The van der Waals surface area contributed by atoms with Crippen molar-refractivity contribution < 1.29 is 4.79 Å². The second-order valence-corrected chi connectivity index (χ2v) is 4.85. The molecule has 2 rings (SSSR count). The Kier molecular flexibility index (Phi) is 3.14. The van der Waals surface area contributed by atoms with E-state index in [1.165, 1.54) is 12.8 Å². The Morgan fingerprint density at radius 2 is 1.60 bits per heavy atom. The largest absolute Gasteiger partial charge is 0.325 e. The summed E-state index contributed by atoms with van der Waals surface area (Å²) in [5.74, 6) is 0. The van der Waals surface area contributed by atoms with E-state index in [1.807, 2.05) is 9.80 Å². The first-order valence-electron chi connectivity index (χ1n) is 5.96. The number of nitrogens with zero attached hydrogens (tertiary/aromatic N) is 2. The fourth-order valence-electron chi connectivity index (χ4n) is 2.59. The van der Waals surface area contributed by atoms with Crippen LogP contribution in [0.3, 0.4) is 0 Å². The molecule has 0 aliphatic carbocycles. The maximum absolute atomic E-state index is 12.1. The van der Waals surface area contributed by atoms with Crippen molar-refractivity contribution in [1.82, 2.24) is 15.1 Å². The molecule has 0 spiro atoms. The third-order valence-electron chi connectivity index (χ3n) is 3.20. The smallest absolute Gasteiger partial charge is 0.320 e. The lowest BCUT2D eigenvalue weighted by Gasteiger charge is -2.38. The summed E-state index contributed by atoms with van der Waals surface area (Å²) in [6, 6.07) is 1.08. The van der Waals surface area contributed by atoms with E-state index in [2.05, 4.69) is 19.2 Å². The molecule has 2 unspecified atom stereocenters. The molecule has 2 atom stereocenters. The second-order valence-electron chi connectivity index (χ2n) is 4.85. The number of nitrogens with one attached hydrogen (secondary N) is 1. The lowest BCUT2D eigenvalue weighted by atomic mass is 10.1. The summed E-state index contributed by atoms with van der Waals surface area (Å²) in [6.07, 6.45) is 2.34. The van der Waals surface area contributed by atoms with Gasteiger partial charge >= 0.3 is 6.03 Å². The van der Waals surface area contributed by atoms with E-state index in [4.69, 9.17) is 0 Å². The van der Waals surface area contributed by atoms with Gasteiger partial charge in [0.05, 0.1) is 0 Å². The van der Waals surface area contributed by atoms with Crippen molar-refractivity contribution in [2.75, 3.05) is 26.2 Å². The monoisotopic (exact) mass is 211 g/mol. The van der Waals surface area contributed by atoms with Gasteiger partial charge in [0, 0.05) is 38.3 Å². The van der Waals surface area contributed by atoms with Crippen LogP contribution in [0.4, 0.5) is 4.79 Å². The van der Waals surface area contributed by atoms with Crippen molar-refractivity contribution in [2.24, 2.45) is 0 Å². The summed E-state index contributed by atoms with van der Waals surface area (Å²) in [5.41, 5.74) is 0. The van der Waals surface area contributed by atoms with Gasteiger partial charge in [-0.25, -0.2) is 4.79 Å². The lowest BCUT2D eigenvalue weighted by molar-refractivity contribution is 0.135. The van der Waals surface area contributed by atoms with Crippen LogP contribution in [0.25, 0.3) is 0 Å². The summed E-state index contributed by atoms with van der Waals surface area (Å²) >= 11 is 0. The normalized spacial score (nSPS) is 32.1. The predicted molar refractivity (Wildman–Crippen MR) is 59.8 cm³/mol. The molecule has 2 aliphatic rings. The van der Waals surface area contributed by atoms with Crippen LogP contribution in [0, 0.1) is 0 Å². The first kappa shape index (κ1) is 10.7. The van der Waals surface area contributed by atoms with Gasteiger partial charge in [0.2, 0.25) is 0 Å². The third-order valence-corrected chi connectivity index (χ3v) is 3.20. The van der Waals surface area contributed by atoms with Crippen LogP contribution in [0.15, 0.2) is 0 Å². The molecule has 4 heteroatoms. The number of rotatable bonds is 0. The van der Waals surface area contributed by atoms with Gasteiger partial charge in [0.25, 0.3) is 0 Å². The molecular weight excluding hydrogens is 190 g/mol. The van der Waals surface area contributed by atoms with Crippen molar-refractivity contribution in [1.29, 1.82) is 0 Å². The van der Waals surface area contributed by atoms with Gasteiger partial charge in [0.1, 0.15) is 0 Å². The van der Waals surface area contributed by atoms with E-state index in [0.717, 1.165) is 26.2 Å². The zero-order valence-corrected chi connectivity index (χ0v) is 9.70. The molecule has 2 amide bonds. The highest BCUT2D eigenvalue weighted by Crippen LogP contribution is 2.13. The van der Waals surface area contributed by atoms with Gasteiger partial charge < -0.3 is 15.1 Å². The fraction of sp³-hybridized carbons (Fsp3) is 0.909. The molecule has 0 aromatic heterocycles. The highest BCUT2D eigenvalue weighted by atomic mass is 16.2. The van der Waals surface area contributed by atoms with E-state index in [-0.39, 0.29) is 6.03 Å². The number of urea groups is 1. The van der Waals surface area contributed by atoms with Gasteiger partial charge in [-0.15, -0.1) is 0 Å². The summed E-state index contributed by atoms with van der Waals surface area (Å²) in [5, 5.41) is 3.44. The maximum atomic E-state index is 12.1. The minimum atomic E-state index is 0.243. The fourth-order valence-corrected chi connectivity index (χ4v) is 2.59. The highest BCUT2D eigenvalue weighted by Gasteiger charge is 2.29. The van der Waals surface area contributed by atoms with Crippen molar-refractivity contribution in [3.05, 3.63) is 0 Å². The Morgan fingerprint density at radius 3 is 2.13 bits per heavy atom. The molecule has 0 aromatic carbocycles. The standard InChI is InChI=1S/C11H21N3O/c1-9-7-14(8-10(2)12-9)11(15)13-5-3-4-6-13/h9-10,12H,3-8H2,1-2H3. The molecule has 0 radical (unpaired) electrons. The summed E-state index contributed by atoms with van der Waals surface area (Å²) in [4.78, 5) is 16.1. The van der Waals surface area contributed by atoms with Crippen molar-refractivity contribution >= 4 is 6.03 Å². The number of likely N-dealkylation sites (tertiary alicyclic amines) is 1. The average Bonchev–Trinajstić information content (AvgIpc) is 2.67. The van der Waals surface area contributed by atoms with E-state index in [0.29, 0.717) is 12.1 Å². The molecule has 2 fully saturated rings. The van der Waals surface area contributed by atoms with Gasteiger partial charge in [-0.1, -0.05) is 0 Å². The molecule has 2 heterocycles. The summed E-state index contributed by atoms with van der Waals surface area (Å²) in [6.45, 7) is 7.87. The minimum Gasteiger partial charge on any atom is -0.325 e. The van der Waals surface area contributed by atoms with Crippen LogP contribution < -0.4 is 5.32 Å². The van der Waals surface area contributed by atoms with Crippen molar-refractivity contribution in [3.63, 3.8) is 0 Å². The zero-order chi connectivity index (χ0) is 10.8. The van der Waals surface area contributed by atoms with Gasteiger partial charge in [-0.2, -0.15) is 0 Å². The molecule has 0 bridgehead atoms. The van der Waals surface area contributed by atoms with Crippen LogP contribution in [0.5, 0.6) is 0 Å². The highest BCUT2D eigenvalue weighted by molar-refractivity contribution is 5.75. The SMILES string of the molecule is CC1CN(C(=O)N2CCCC2)CC(C)N1. The Bertz CT molecular complexity index is 228. The van der Waals surface area contributed by atoms with Crippen molar-refractivity contribution in [3.8, 4) is 0 Å². The first-order chi connectivity index (χ1) is 7.16. The Labute approximate surface area is 91.6 Å². The second kappa shape index (κ2) is 4.39. The molecule has 1 N–H and O–H groups in total. The number of carbonyl (C=O) groups is 1. The van der Waals surface area contributed by atoms with Crippen LogP contribution >= 0.6 is 0 Å². The molecule has 15 heavy (non-hydrogen) atoms. The predicted octanol–water partition coefficient (Wildman–Crippen LogP) is 0.884. The number of piperazine rings is 1. The van der Waals surface area contributed by atoms with Crippen LogP contribution in [0.1, 0.15) is 26.7 Å². The molecule has 0 aromatic rings. The van der Waals surface area contributed by atoms with Crippen LogP contribution in [-0.2, 0) is 0 Å². The molecule has 2 aliphatic heterocycles. The first-order valence-corrected chi connectivity index (χ1v) is 5.96. The Balaban J connectivity index is 1.93. The number of hydrogen-bond donors (Lipinski definition) is 1. The minimum absolute atomic E-state index is 0.243. The van der Waals surface area contributed by atoms with E-state index < -0.39 is 0 Å². The summed E-state index contributed by atoms with van der Waals surface area (Å²) in [7, 11) is 0. The summed E-state index contributed by atoms with van der Waals surface area (Å²) < 4.78 is 0. The van der Waals surface area contributed by atoms with E-state index >= 15 is 0 Å².